The van der Waals surface area contributed by atoms with Gasteiger partial charge in [0.1, 0.15) is 18.2 Å². The summed E-state index contributed by atoms with van der Waals surface area (Å²) in [6.07, 6.45) is 0. The van der Waals surface area contributed by atoms with Crippen molar-refractivity contribution in [3.8, 4) is 17.1 Å². The number of amides is 1. The lowest BCUT2D eigenvalue weighted by Gasteiger charge is -2.09. The molecule has 150 valence electrons. The van der Waals surface area contributed by atoms with Gasteiger partial charge in [0.2, 0.25) is 0 Å². The van der Waals surface area contributed by atoms with Crippen molar-refractivity contribution in [2.24, 2.45) is 0 Å². The fourth-order valence-electron chi connectivity index (χ4n) is 2.78. The zero-order valence-electron chi connectivity index (χ0n) is 15.6. The van der Waals surface area contributed by atoms with Gasteiger partial charge in [0, 0.05) is 16.8 Å². The Kier molecular flexibility index (Phi) is 5.38. The Bertz CT molecular complexity index is 1230. The van der Waals surface area contributed by atoms with Crippen LogP contribution in [-0.4, -0.2) is 16.0 Å². The van der Waals surface area contributed by atoms with E-state index < -0.39 is 5.76 Å². The van der Waals surface area contributed by atoms with Crippen LogP contribution in [0.1, 0.15) is 15.9 Å². The molecule has 0 saturated heterocycles. The molecule has 0 saturated carbocycles. The minimum Gasteiger partial charge on any atom is -0.489 e. The zero-order chi connectivity index (χ0) is 20.9. The van der Waals surface area contributed by atoms with E-state index in [1.807, 2.05) is 0 Å². The summed E-state index contributed by atoms with van der Waals surface area (Å²) in [5.74, 6) is -0.505. The zero-order valence-corrected chi connectivity index (χ0v) is 15.6. The Morgan fingerprint density at radius 3 is 2.63 bits per heavy atom. The molecule has 3 aromatic carbocycles. The van der Waals surface area contributed by atoms with Crippen molar-refractivity contribution in [1.82, 2.24) is 10.1 Å². The topological polar surface area (TPSA) is 97.2 Å². The molecule has 1 aromatic heterocycles. The quantitative estimate of drug-likeness (QED) is 0.505. The van der Waals surface area contributed by atoms with Gasteiger partial charge in [-0.05, 0) is 48.0 Å². The first-order chi connectivity index (χ1) is 14.6. The summed E-state index contributed by atoms with van der Waals surface area (Å²) in [7, 11) is 0. The molecule has 4 rings (SSSR count). The van der Waals surface area contributed by atoms with Crippen LogP contribution in [0, 0.1) is 5.82 Å². The average molecular weight is 405 g/mol. The van der Waals surface area contributed by atoms with Crippen molar-refractivity contribution in [2.45, 2.75) is 6.61 Å². The summed E-state index contributed by atoms with van der Waals surface area (Å²) in [5, 5.41) is 6.43. The third-order valence-electron chi connectivity index (χ3n) is 4.25. The first-order valence-electron chi connectivity index (χ1n) is 9.02. The number of halogens is 1. The van der Waals surface area contributed by atoms with Crippen molar-refractivity contribution in [3.63, 3.8) is 0 Å². The third-order valence-corrected chi connectivity index (χ3v) is 4.25. The van der Waals surface area contributed by atoms with Gasteiger partial charge in [-0.1, -0.05) is 35.5 Å². The van der Waals surface area contributed by atoms with E-state index >= 15 is 0 Å². The van der Waals surface area contributed by atoms with Crippen molar-refractivity contribution in [3.05, 3.63) is 100 Å². The van der Waals surface area contributed by atoms with Gasteiger partial charge < -0.3 is 10.1 Å². The molecule has 1 heterocycles. The number of H-pyrrole nitrogens is 1. The minimum absolute atomic E-state index is 0.253. The number of hydrogen-bond acceptors (Lipinski definition) is 5. The summed E-state index contributed by atoms with van der Waals surface area (Å²) in [6.45, 7) is 0.253. The van der Waals surface area contributed by atoms with Crippen molar-refractivity contribution in [2.75, 3.05) is 5.32 Å². The molecule has 0 atom stereocenters. The van der Waals surface area contributed by atoms with Crippen molar-refractivity contribution in [1.29, 1.82) is 0 Å². The number of nitrogens with one attached hydrogen (secondary N) is 2. The Morgan fingerprint density at radius 2 is 1.87 bits per heavy atom. The second kappa shape index (κ2) is 8.44. The van der Waals surface area contributed by atoms with Crippen LogP contribution in [0.3, 0.4) is 0 Å². The number of benzene rings is 3. The molecule has 0 radical (unpaired) electrons. The normalized spacial score (nSPS) is 10.6. The molecular weight excluding hydrogens is 389 g/mol. The Labute approximate surface area is 170 Å². The number of carbonyl (C=O) groups excluding carboxylic acids is 1. The van der Waals surface area contributed by atoms with Crippen LogP contribution in [-0.2, 0) is 6.61 Å². The van der Waals surface area contributed by atoms with E-state index in [4.69, 9.17) is 4.74 Å². The maximum Gasteiger partial charge on any atom is 0.439 e. The van der Waals surface area contributed by atoms with Crippen LogP contribution < -0.4 is 15.8 Å². The van der Waals surface area contributed by atoms with E-state index in [9.17, 15) is 14.0 Å². The second-order valence-corrected chi connectivity index (χ2v) is 6.42. The molecule has 0 spiro atoms. The van der Waals surface area contributed by atoms with Gasteiger partial charge in [0.25, 0.3) is 5.91 Å². The smallest absolute Gasteiger partial charge is 0.439 e. The number of rotatable bonds is 6. The van der Waals surface area contributed by atoms with Crippen LogP contribution in [0.5, 0.6) is 5.75 Å². The van der Waals surface area contributed by atoms with Gasteiger partial charge in [-0.25, -0.2) is 9.18 Å². The molecule has 2 N–H and O–H groups in total. The number of anilines is 1. The van der Waals surface area contributed by atoms with Crippen molar-refractivity contribution < 1.29 is 18.4 Å². The fraction of sp³-hybridized carbons (Fsp3) is 0.0455. The Balaban J connectivity index is 1.44. The van der Waals surface area contributed by atoms with E-state index in [0.717, 1.165) is 5.56 Å². The predicted octanol–water partition coefficient (Wildman–Crippen LogP) is 4.00. The molecule has 0 unspecified atom stereocenters. The van der Waals surface area contributed by atoms with Gasteiger partial charge >= 0.3 is 5.76 Å². The van der Waals surface area contributed by atoms with Crippen molar-refractivity contribution >= 4 is 11.6 Å². The van der Waals surface area contributed by atoms with Crippen LogP contribution in [0.4, 0.5) is 10.1 Å². The van der Waals surface area contributed by atoms with Crippen LogP contribution >= 0.6 is 0 Å². The SMILES string of the molecule is O=C(Nc1cccc(-c2noc(=O)[nH]2)c1)c1cccc(OCc2ccc(F)cc2)c1. The average Bonchev–Trinajstić information content (AvgIpc) is 3.20. The first-order valence-corrected chi connectivity index (χ1v) is 9.02. The molecule has 0 fully saturated rings. The highest BCUT2D eigenvalue weighted by atomic mass is 19.1. The number of nitrogens with zero attached hydrogens (tertiary/aromatic N) is 1. The van der Waals surface area contributed by atoms with Gasteiger partial charge in [-0.15, -0.1) is 0 Å². The van der Waals surface area contributed by atoms with E-state index in [1.54, 1.807) is 60.7 Å². The molecule has 7 nitrogen and oxygen atoms in total. The summed E-state index contributed by atoms with van der Waals surface area (Å²) in [5.41, 5.74) is 2.34. The Hall–Kier alpha value is -4.20. The molecule has 0 aliphatic rings. The lowest BCUT2D eigenvalue weighted by Crippen LogP contribution is -2.12. The molecule has 8 heteroatoms. The van der Waals surface area contributed by atoms with Crippen LogP contribution in [0.2, 0.25) is 0 Å². The molecule has 4 aromatic rings. The number of ether oxygens (including phenoxy) is 1. The summed E-state index contributed by atoms with van der Waals surface area (Å²) in [4.78, 5) is 26.2. The van der Waals surface area contributed by atoms with Crippen LogP contribution in [0.25, 0.3) is 11.4 Å². The van der Waals surface area contributed by atoms with Gasteiger partial charge in [-0.3, -0.25) is 14.3 Å². The molecular formula is C22H16FN3O4. The summed E-state index contributed by atoms with van der Waals surface area (Å²) >= 11 is 0. The van der Waals surface area contributed by atoms with E-state index in [-0.39, 0.29) is 24.2 Å². The largest absolute Gasteiger partial charge is 0.489 e. The number of hydrogen-bond donors (Lipinski definition) is 2. The standard InChI is InChI=1S/C22H16FN3O4/c23-17-9-7-14(8-10-17)13-29-19-6-2-4-16(12-19)21(27)24-18-5-1-3-15(11-18)20-25-22(28)30-26-20/h1-12H,13H2,(H,24,27)(H,25,26,28). The lowest BCUT2D eigenvalue weighted by molar-refractivity contribution is 0.102. The van der Waals surface area contributed by atoms with Crippen LogP contribution in [0.15, 0.2) is 82.1 Å². The van der Waals surface area contributed by atoms with Gasteiger partial charge in [-0.2, -0.15) is 0 Å². The molecule has 0 aliphatic heterocycles. The molecule has 0 aliphatic carbocycles. The molecule has 30 heavy (non-hydrogen) atoms. The highest BCUT2D eigenvalue weighted by Gasteiger charge is 2.10. The summed E-state index contributed by atoms with van der Waals surface area (Å²) in [6, 6.07) is 19.6. The predicted molar refractivity (Wildman–Crippen MR) is 108 cm³/mol. The molecule has 1 amide bonds. The first kappa shape index (κ1) is 19.1. The third kappa shape index (κ3) is 4.61. The molecule has 0 bridgehead atoms. The number of aromatic nitrogens is 2. The van der Waals surface area contributed by atoms with Gasteiger partial charge in [0.15, 0.2) is 5.82 Å². The number of aromatic amines is 1. The van der Waals surface area contributed by atoms with E-state index in [1.165, 1.54) is 12.1 Å². The lowest BCUT2D eigenvalue weighted by atomic mass is 10.1. The van der Waals surface area contributed by atoms with E-state index in [2.05, 4.69) is 20.0 Å². The minimum atomic E-state index is -0.656. The van der Waals surface area contributed by atoms with E-state index in [0.29, 0.717) is 22.6 Å². The van der Waals surface area contributed by atoms with Gasteiger partial charge in [0.05, 0.1) is 0 Å². The second-order valence-electron chi connectivity index (χ2n) is 6.42. The highest BCUT2D eigenvalue weighted by molar-refractivity contribution is 6.04. The Morgan fingerprint density at radius 1 is 1.07 bits per heavy atom. The number of carbonyl (C=O) groups is 1. The highest BCUT2D eigenvalue weighted by Crippen LogP contribution is 2.20. The summed E-state index contributed by atoms with van der Waals surface area (Å²) < 4.78 is 23.2. The monoisotopic (exact) mass is 405 g/mol. The maximum atomic E-state index is 13.0. The maximum absolute atomic E-state index is 13.0. The fourth-order valence-corrected chi connectivity index (χ4v) is 2.78.